The number of amides is 1. The molecule has 3 aliphatic rings. The standard InChI is InChI=1S/C29H39N3O9/c1-31(2)17-12-13(8-7-9-18(40-5)41-6)23(33)20-15(17)10-14-11-16-22(32(3)4)25(35)21(28(30)38)27(37)29(16,39)26(36)19(14)24(20)34/h12,14,16,18,22,33-34,37,39H,7-11H2,1-6H3,(H2,30,38)/t14-,16-,22?,29-/m0/s1. The van der Waals surface area contributed by atoms with Gasteiger partial charge in [0.1, 0.15) is 22.8 Å². The highest BCUT2D eigenvalue weighted by molar-refractivity contribution is 6.24. The number of aliphatic hydroxyl groups is 3. The number of likely N-dealkylation sites (N-methyl/N-ethyl adjacent to an activating group) is 1. The zero-order valence-electron chi connectivity index (χ0n) is 24.2. The first-order valence-corrected chi connectivity index (χ1v) is 13.5. The fourth-order valence-corrected chi connectivity index (χ4v) is 6.73. The van der Waals surface area contributed by atoms with Crippen LogP contribution in [0, 0.1) is 11.8 Å². The van der Waals surface area contributed by atoms with Crippen LogP contribution in [-0.2, 0) is 36.7 Å². The maximum atomic E-state index is 14.1. The van der Waals surface area contributed by atoms with Crippen molar-refractivity contribution in [2.45, 2.75) is 50.0 Å². The lowest BCUT2D eigenvalue weighted by atomic mass is 9.57. The lowest BCUT2D eigenvalue weighted by Gasteiger charge is -2.50. The number of carbonyl (C=O) groups is 3. The number of rotatable bonds is 9. The lowest BCUT2D eigenvalue weighted by molar-refractivity contribution is -0.153. The number of primary amides is 1. The predicted molar refractivity (Wildman–Crippen MR) is 149 cm³/mol. The average Bonchev–Trinajstić information content (AvgIpc) is 2.89. The molecular weight excluding hydrogens is 534 g/mol. The van der Waals surface area contributed by atoms with Crippen molar-refractivity contribution in [3.63, 3.8) is 0 Å². The first kappa shape index (κ1) is 30.5. The predicted octanol–water partition coefficient (Wildman–Crippen LogP) is 0.972. The minimum absolute atomic E-state index is 0.0383. The molecule has 0 aliphatic heterocycles. The van der Waals surface area contributed by atoms with Crippen LogP contribution < -0.4 is 10.6 Å². The van der Waals surface area contributed by atoms with Crippen LogP contribution in [0.5, 0.6) is 5.75 Å². The summed E-state index contributed by atoms with van der Waals surface area (Å²) in [6, 6.07) is 0.724. The van der Waals surface area contributed by atoms with Gasteiger partial charge >= 0.3 is 0 Å². The maximum Gasteiger partial charge on any atom is 0.255 e. The molecule has 1 fully saturated rings. The smallest absolute Gasteiger partial charge is 0.255 e. The summed E-state index contributed by atoms with van der Waals surface area (Å²) in [5.74, 6) is -6.63. The van der Waals surface area contributed by atoms with Gasteiger partial charge in [-0.3, -0.25) is 19.3 Å². The van der Waals surface area contributed by atoms with Crippen molar-refractivity contribution >= 4 is 28.9 Å². The summed E-state index contributed by atoms with van der Waals surface area (Å²) in [5.41, 5.74) is 3.69. The van der Waals surface area contributed by atoms with E-state index in [9.17, 15) is 34.8 Å². The number of methoxy groups -OCH3 is 2. The zero-order chi connectivity index (χ0) is 30.5. The number of nitrogens with zero attached hydrogens (tertiary/aromatic N) is 2. The van der Waals surface area contributed by atoms with Gasteiger partial charge in [-0.15, -0.1) is 0 Å². The van der Waals surface area contributed by atoms with Gasteiger partial charge in [0.05, 0.1) is 11.6 Å². The molecule has 0 radical (unpaired) electrons. The van der Waals surface area contributed by atoms with Crippen molar-refractivity contribution in [2.75, 3.05) is 47.3 Å². The number of nitrogens with two attached hydrogens (primary N) is 1. The Bertz CT molecular complexity index is 1350. The number of hydrogen-bond acceptors (Lipinski definition) is 11. The number of carbonyl (C=O) groups excluding carboxylic acids is 3. The third-order valence-corrected chi connectivity index (χ3v) is 8.67. The molecule has 3 aliphatic carbocycles. The van der Waals surface area contributed by atoms with Crippen LogP contribution in [0.1, 0.15) is 36.0 Å². The Hall–Kier alpha value is -3.45. The molecule has 0 saturated heterocycles. The molecule has 4 rings (SSSR count). The highest BCUT2D eigenvalue weighted by atomic mass is 16.7. The number of ether oxygens (including phenoxy) is 2. The molecule has 0 bridgehead atoms. The SMILES string of the molecule is COC(CCCc1cc(N(C)C)c2c(c1O)C(O)=C1C(=O)[C@]3(O)C(O)=C(C(N)=O)C(=O)C(N(C)C)[C@@H]3C[C@@H]1C2)OC. The van der Waals surface area contributed by atoms with Crippen LogP contribution in [0.3, 0.4) is 0 Å². The number of ketones is 2. The van der Waals surface area contributed by atoms with Gasteiger partial charge in [0.2, 0.25) is 5.78 Å². The Morgan fingerprint density at radius 1 is 1.15 bits per heavy atom. The summed E-state index contributed by atoms with van der Waals surface area (Å²) in [7, 11) is 9.88. The number of hydrogen-bond donors (Lipinski definition) is 5. The van der Waals surface area contributed by atoms with Crippen molar-refractivity contribution < 1.29 is 44.3 Å². The fraction of sp³-hybridized carbons (Fsp3) is 0.552. The molecule has 1 unspecified atom stereocenters. The first-order valence-electron chi connectivity index (χ1n) is 13.5. The number of fused-ring (bicyclic) bond motifs is 3. The number of phenolic OH excluding ortho intramolecular Hbond substituents is 1. The van der Waals surface area contributed by atoms with E-state index in [-0.39, 0.29) is 29.7 Å². The van der Waals surface area contributed by atoms with E-state index >= 15 is 0 Å². The molecule has 0 heterocycles. The third-order valence-electron chi connectivity index (χ3n) is 8.67. The zero-order valence-corrected chi connectivity index (χ0v) is 24.2. The topological polar surface area (TPSA) is 183 Å². The molecule has 41 heavy (non-hydrogen) atoms. The maximum absolute atomic E-state index is 14.1. The van der Waals surface area contributed by atoms with E-state index in [4.69, 9.17) is 15.2 Å². The number of aromatic hydroxyl groups is 1. The average molecular weight is 574 g/mol. The number of aryl methyl sites for hydroxylation is 1. The number of anilines is 1. The number of benzene rings is 1. The molecule has 224 valence electrons. The molecule has 0 spiro atoms. The van der Waals surface area contributed by atoms with Crippen LogP contribution >= 0.6 is 0 Å². The lowest BCUT2D eigenvalue weighted by Crippen LogP contribution is -2.65. The molecular formula is C29H39N3O9. The van der Waals surface area contributed by atoms with E-state index in [1.165, 1.54) is 19.1 Å². The van der Waals surface area contributed by atoms with E-state index in [1.54, 1.807) is 14.1 Å². The summed E-state index contributed by atoms with van der Waals surface area (Å²) in [6.45, 7) is 0. The Kier molecular flexibility index (Phi) is 8.25. The van der Waals surface area contributed by atoms with Crippen LogP contribution in [0.25, 0.3) is 5.76 Å². The minimum atomic E-state index is -2.67. The fourth-order valence-electron chi connectivity index (χ4n) is 6.73. The summed E-state index contributed by atoms with van der Waals surface area (Å²) < 4.78 is 10.5. The van der Waals surface area contributed by atoms with E-state index in [0.29, 0.717) is 30.4 Å². The molecule has 1 amide bonds. The number of Topliss-reactive ketones (excluding diaryl/α,β-unsaturated/α-hetero) is 2. The van der Waals surface area contributed by atoms with Crippen molar-refractivity contribution in [1.82, 2.24) is 4.90 Å². The normalized spacial score (nSPS) is 25.9. The van der Waals surface area contributed by atoms with Crippen LogP contribution in [0.2, 0.25) is 0 Å². The number of phenols is 1. The Balaban J connectivity index is 1.88. The van der Waals surface area contributed by atoms with E-state index in [1.807, 2.05) is 25.1 Å². The molecule has 1 aromatic carbocycles. The van der Waals surface area contributed by atoms with Gasteiger partial charge in [-0.25, -0.2) is 0 Å². The van der Waals surface area contributed by atoms with Gasteiger partial charge in [0.25, 0.3) is 5.91 Å². The summed E-state index contributed by atoms with van der Waals surface area (Å²) in [5, 5.41) is 45.7. The second-order valence-electron chi connectivity index (χ2n) is 11.4. The second-order valence-corrected chi connectivity index (χ2v) is 11.4. The molecule has 0 aromatic heterocycles. The molecule has 1 saturated carbocycles. The third kappa shape index (κ3) is 4.68. The van der Waals surface area contributed by atoms with Crippen molar-refractivity contribution in [3.05, 3.63) is 39.7 Å². The largest absolute Gasteiger partial charge is 0.508 e. The monoisotopic (exact) mass is 573 g/mol. The van der Waals surface area contributed by atoms with Crippen LogP contribution in [-0.4, -0.2) is 103 Å². The van der Waals surface area contributed by atoms with Gasteiger partial charge in [-0.2, -0.15) is 0 Å². The second kappa shape index (κ2) is 11.1. The molecule has 4 atom stereocenters. The number of aliphatic hydroxyl groups excluding tert-OH is 2. The minimum Gasteiger partial charge on any atom is -0.508 e. The Morgan fingerprint density at radius 3 is 2.32 bits per heavy atom. The Morgan fingerprint density at radius 2 is 1.78 bits per heavy atom. The van der Waals surface area contributed by atoms with Gasteiger partial charge < -0.3 is 40.5 Å². The van der Waals surface area contributed by atoms with Gasteiger partial charge in [-0.1, -0.05) is 0 Å². The molecule has 1 aromatic rings. The molecule has 6 N–H and O–H groups in total. The van der Waals surface area contributed by atoms with Gasteiger partial charge in [0, 0.05) is 45.5 Å². The van der Waals surface area contributed by atoms with Crippen molar-refractivity contribution in [2.24, 2.45) is 17.6 Å². The highest BCUT2D eigenvalue weighted by Crippen LogP contribution is 2.54. The van der Waals surface area contributed by atoms with Crippen LogP contribution in [0.4, 0.5) is 5.69 Å². The summed E-state index contributed by atoms with van der Waals surface area (Å²) in [6.07, 6.45) is 1.44. The van der Waals surface area contributed by atoms with E-state index in [0.717, 1.165) is 5.69 Å². The molecule has 12 heteroatoms. The molecule has 12 nitrogen and oxygen atoms in total. The summed E-state index contributed by atoms with van der Waals surface area (Å²) >= 11 is 0. The summed E-state index contributed by atoms with van der Waals surface area (Å²) in [4.78, 5) is 42.8. The quantitative estimate of drug-likeness (QED) is 0.210. The Labute approximate surface area is 238 Å². The van der Waals surface area contributed by atoms with Crippen LogP contribution in [0.15, 0.2) is 23.0 Å². The van der Waals surface area contributed by atoms with E-state index in [2.05, 4.69) is 0 Å². The first-order chi connectivity index (χ1) is 19.2. The van der Waals surface area contributed by atoms with Gasteiger partial charge in [0.15, 0.2) is 17.7 Å². The van der Waals surface area contributed by atoms with Gasteiger partial charge in [-0.05, 0) is 69.3 Å². The van der Waals surface area contributed by atoms with Crippen molar-refractivity contribution in [1.29, 1.82) is 0 Å². The highest BCUT2D eigenvalue weighted by Gasteiger charge is 2.64. The van der Waals surface area contributed by atoms with E-state index < -0.39 is 64.3 Å². The van der Waals surface area contributed by atoms with Crippen molar-refractivity contribution in [3.8, 4) is 5.75 Å².